The third kappa shape index (κ3) is 3.06. The van der Waals surface area contributed by atoms with E-state index in [1.165, 1.54) is 43.5 Å². The quantitative estimate of drug-likeness (QED) is 0.809. The lowest BCUT2D eigenvalue weighted by atomic mass is 9.92. The van der Waals surface area contributed by atoms with Crippen molar-refractivity contribution in [3.8, 4) is 11.8 Å². The standard InChI is InChI=1S/C16H11F2NO2/c1-21-15-7-4-11(8-14(15)18)16(20)13(9-19)10-2-5-12(17)6-3-10/h2-8,13H,1H3. The van der Waals surface area contributed by atoms with E-state index in [-0.39, 0.29) is 11.3 Å². The van der Waals surface area contributed by atoms with Crippen molar-refractivity contribution in [3.63, 3.8) is 0 Å². The van der Waals surface area contributed by atoms with Crippen molar-refractivity contribution < 1.29 is 18.3 Å². The molecule has 0 aliphatic heterocycles. The lowest BCUT2D eigenvalue weighted by Crippen LogP contribution is -2.11. The van der Waals surface area contributed by atoms with Crippen molar-refractivity contribution in [1.29, 1.82) is 5.26 Å². The molecule has 2 aromatic rings. The molecule has 0 saturated carbocycles. The number of nitriles is 1. The Morgan fingerprint density at radius 2 is 1.86 bits per heavy atom. The predicted molar refractivity (Wildman–Crippen MR) is 72.0 cm³/mol. The minimum atomic E-state index is -1.11. The van der Waals surface area contributed by atoms with Crippen LogP contribution in [0.5, 0.6) is 5.75 Å². The number of halogens is 2. The van der Waals surface area contributed by atoms with Crippen LogP contribution in [0.1, 0.15) is 21.8 Å². The Morgan fingerprint density at radius 1 is 1.19 bits per heavy atom. The van der Waals surface area contributed by atoms with Crippen molar-refractivity contribution in [2.75, 3.05) is 7.11 Å². The van der Waals surface area contributed by atoms with Gasteiger partial charge in [0.15, 0.2) is 17.3 Å². The average Bonchev–Trinajstić information content (AvgIpc) is 2.49. The molecule has 5 heteroatoms. The fourth-order valence-electron chi connectivity index (χ4n) is 1.93. The topological polar surface area (TPSA) is 50.1 Å². The zero-order valence-corrected chi connectivity index (χ0v) is 11.1. The van der Waals surface area contributed by atoms with Crippen LogP contribution in [0.3, 0.4) is 0 Å². The summed E-state index contributed by atoms with van der Waals surface area (Å²) >= 11 is 0. The highest BCUT2D eigenvalue weighted by molar-refractivity contribution is 6.02. The van der Waals surface area contributed by atoms with Crippen LogP contribution in [0.25, 0.3) is 0 Å². The predicted octanol–water partition coefficient (Wildman–Crippen LogP) is 3.46. The SMILES string of the molecule is COc1ccc(C(=O)C(C#N)c2ccc(F)cc2)cc1F. The summed E-state index contributed by atoms with van der Waals surface area (Å²) in [5.41, 5.74) is 0.421. The fourth-order valence-corrected chi connectivity index (χ4v) is 1.93. The first-order valence-electron chi connectivity index (χ1n) is 6.09. The molecule has 2 aromatic carbocycles. The van der Waals surface area contributed by atoms with Crippen molar-refractivity contribution in [1.82, 2.24) is 0 Å². The highest BCUT2D eigenvalue weighted by atomic mass is 19.1. The van der Waals surface area contributed by atoms with E-state index in [2.05, 4.69) is 0 Å². The van der Waals surface area contributed by atoms with E-state index in [1.54, 1.807) is 0 Å². The van der Waals surface area contributed by atoms with Gasteiger partial charge in [-0.2, -0.15) is 5.26 Å². The number of benzene rings is 2. The largest absolute Gasteiger partial charge is 0.494 e. The molecule has 21 heavy (non-hydrogen) atoms. The first-order chi connectivity index (χ1) is 10.1. The molecule has 0 heterocycles. The van der Waals surface area contributed by atoms with Gasteiger partial charge in [0.25, 0.3) is 0 Å². The van der Waals surface area contributed by atoms with Gasteiger partial charge in [0.2, 0.25) is 0 Å². The van der Waals surface area contributed by atoms with Crippen LogP contribution >= 0.6 is 0 Å². The molecule has 0 amide bonds. The van der Waals surface area contributed by atoms with E-state index in [9.17, 15) is 13.6 Å². The molecule has 1 unspecified atom stereocenters. The normalized spacial score (nSPS) is 11.5. The number of carbonyl (C=O) groups excluding carboxylic acids is 1. The number of rotatable bonds is 4. The van der Waals surface area contributed by atoms with Crippen LogP contribution in [0.4, 0.5) is 8.78 Å². The summed E-state index contributed by atoms with van der Waals surface area (Å²) in [7, 11) is 1.32. The Labute approximate surface area is 120 Å². The van der Waals surface area contributed by atoms with Crippen molar-refractivity contribution in [3.05, 3.63) is 65.2 Å². The summed E-state index contributed by atoms with van der Waals surface area (Å²) in [5, 5.41) is 9.17. The van der Waals surface area contributed by atoms with E-state index in [0.29, 0.717) is 5.56 Å². The second kappa shape index (κ2) is 6.14. The molecule has 0 aliphatic rings. The van der Waals surface area contributed by atoms with Crippen LogP contribution in [0.2, 0.25) is 0 Å². The van der Waals surface area contributed by atoms with E-state index in [1.807, 2.05) is 6.07 Å². The highest BCUT2D eigenvalue weighted by Gasteiger charge is 2.22. The van der Waals surface area contributed by atoms with E-state index in [0.717, 1.165) is 6.07 Å². The summed E-state index contributed by atoms with van der Waals surface area (Å²) in [6.07, 6.45) is 0. The van der Waals surface area contributed by atoms with Crippen LogP contribution in [0, 0.1) is 23.0 Å². The van der Waals surface area contributed by atoms with E-state index < -0.39 is 23.3 Å². The molecule has 2 rings (SSSR count). The minimum absolute atomic E-state index is 0.0156. The summed E-state index contributed by atoms with van der Waals surface area (Å²) in [6.45, 7) is 0. The molecular weight excluding hydrogens is 276 g/mol. The second-order valence-electron chi connectivity index (χ2n) is 4.33. The lowest BCUT2D eigenvalue weighted by molar-refractivity contribution is 0.0978. The fraction of sp³-hybridized carbons (Fsp3) is 0.125. The maximum absolute atomic E-state index is 13.6. The number of hydrogen-bond donors (Lipinski definition) is 0. The van der Waals surface area contributed by atoms with Gasteiger partial charge in [0.1, 0.15) is 11.7 Å². The smallest absolute Gasteiger partial charge is 0.184 e. The number of ketones is 1. The maximum Gasteiger partial charge on any atom is 0.184 e. The van der Waals surface area contributed by atoms with Crippen LogP contribution in [0.15, 0.2) is 42.5 Å². The Kier molecular flexibility index (Phi) is 4.29. The molecule has 0 aromatic heterocycles. The molecule has 106 valence electrons. The second-order valence-corrected chi connectivity index (χ2v) is 4.33. The Balaban J connectivity index is 2.35. The lowest BCUT2D eigenvalue weighted by Gasteiger charge is -2.10. The van der Waals surface area contributed by atoms with Gasteiger partial charge in [0, 0.05) is 5.56 Å². The molecule has 0 spiro atoms. The Hall–Kier alpha value is -2.74. The number of ether oxygens (including phenoxy) is 1. The molecule has 3 nitrogen and oxygen atoms in total. The maximum atomic E-state index is 13.6. The molecule has 0 radical (unpaired) electrons. The van der Waals surface area contributed by atoms with Crippen molar-refractivity contribution >= 4 is 5.78 Å². The van der Waals surface area contributed by atoms with Gasteiger partial charge in [-0.25, -0.2) is 8.78 Å². The van der Waals surface area contributed by atoms with Gasteiger partial charge in [-0.15, -0.1) is 0 Å². The summed E-state index contributed by atoms with van der Waals surface area (Å²) in [5.74, 6) is -2.79. The zero-order valence-electron chi connectivity index (χ0n) is 11.1. The molecular formula is C16H11F2NO2. The first kappa shape index (κ1) is 14.7. The molecule has 0 fully saturated rings. The van der Waals surface area contributed by atoms with Gasteiger partial charge in [-0.05, 0) is 35.9 Å². The Bertz CT molecular complexity index is 705. The van der Waals surface area contributed by atoms with Crippen LogP contribution in [-0.2, 0) is 0 Å². The van der Waals surface area contributed by atoms with Crippen molar-refractivity contribution in [2.45, 2.75) is 5.92 Å². The average molecular weight is 287 g/mol. The number of Topliss-reactive ketones (excluding diaryl/α,β-unsaturated/α-hetero) is 1. The molecule has 0 N–H and O–H groups in total. The summed E-state index contributed by atoms with van der Waals surface area (Å²) < 4.78 is 31.3. The molecule has 1 atom stereocenters. The van der Waals surface area contributed by atoms with Crippen molar-refractivity contribution in [2.24, 2.45) is 0 Å². The molecule has 0 aliphatic carbocycles. The zero-order chi connectivity index (χ0) is 15.4. The molecule has 0 bridgehead atoms. The highest BCUT2D eigenvalue weighted by Crippen LogP contribution is 2.24. The third-order valence-corrected chi connectivity index (χ3v) is 3.03. The molecule has 0 saturated heterocycles. The van der Waals surface area contributed by atoms with Crippen LogP contribution in [-0.4, -0.2) is 12.9 Å². The first-order valence-corrected chi connectivity index (χ1v) is 6.09. The number of nitrogens with zero attached hydrogens (tertiary/aromatic N) is 1. The van der Waals surface area contributed by atoms with Gasteiger partial charge in [0.05, 0.1) is 13.2 Å². The van der Waals surface area contributed by atoms with E-state index in [4.69, 9.17) is 10.00 Å². The van der Waals surface area contributed by atoms with Crippen LogP contribution < -0.4 is 4.74 Å². The minimum Gasteiger partial charge on any atom is -0.494 e. The van der Waals surface area contributed by atoms with E-state index >= 15 is 0 Å². The van der Waals surface area contributed by atoms with Gasteiger partial charge >= 0.3 is 0 Å². The third-order valence-electron chi connectivity index (χ3n) is 3.03. The van der Waals surface area contributed by atoms with Gasteiger partial charge in [-0.3, -0.25) is 4.79 Å². The summed E-state index contributed by atoms with van der Waals surface area (Å²) in [4.78, 5) is 12.3. The number of hydrogen-bond acceptors (Lipinski definition) is 3. The van der Waals surface area contributed by atoms with Gasteiger partial charge < -0.3 is 4.74 Å². The van der Waals surface area contributed by atoms with Gasteiger partial charge in [-0.1, -0.05) is 12.1 Å². The number of carbonyl (C=O) groups is 1. The number of methoxy groups -OCH3 is 1. The Morgan fingerprint density at radius 3 is 2.38 bits per heavy atom. The summed E-state index contributed by atoms with van der Waals surface area (Å²) in [6, 6.07) is 10.7. The monoisotopic (exact) mass is 287 g/mol.